The molecule has 0 radical (unpaired) electrons. The van der Waals surface area contributed by atoms with Gasteiger partial charge in [0.05, 0.1) is 32.2 Å². The fourth-order valence-corrected chi connectivity index (χ4v) is 3.65. The molecular formula is C23H26N4O5S. The fraction of sp³-hybridized carbons (Fsp3) is 0.304. The van der Waals surface area contributed by atoms with E-state index in [1.807, 2.05) is 55.6 Å². The van der Waals surface area contributed by atoms with Crippen LogP contribution in [-0.4, -0.2) is 54.4 Å². The summed E-state index contributed by atoms with van der Waals surface area (Å²) in [6.07, 6.45) is 1.33. The molecule has 0 aliphatic carbocycles. The number of ether oxygens (including phenoxy) is 3. The van der Waals surface area contributed by atoms with Crippen molar-refractivity contribution >= 4 is 29.3 Å². The summed E-state index contributed by atoms with van der Waals surface area (Å²) in [5.41, 5.74) is 2.89. The lowest BCUT2D eigenvalue weighted by atomic mass is 10.1. The van der Waals surface area contributed by atoms with Crippen LogP contribution < -0.4 is 14.8 Å². The Morgan fingerprint density at radius 2 is 1.94 bits per heavy atom. The zero-order chi connectivity index (χ0) is 23.8. The number of carbonyl (C=O) groups is 1. The molecule has 2 aromatic carbocycles. The molecule has 1 heterocycles. The molecule has 1 atom stereocenters. The van der Waals surface area contributed by atoms with Crippen molar-refractivity contribution in [3.05, 3.63) is 53.9 Å². The lowest BCUT2D eigenvalue weighted by molar-refractivity contribution is 0.172. The Kier molecular flexibility index (Phi) is 8.31. The third-order valence-corrected chi connectivity index (χ3v) is 5.39. The van der Waals surface area contributed by atoms with Gasteiger partial charge in [-0.3, -0.25) is 0 Å². The van der Waals surface area contributed by atoms with Gasteiger partial charge in [-0.2, -0.15) is 4.98 Å². The third-order valence-electron chi connectivity index (χ3n) is 4.58. The number of carbonyl (C=O) groups excluding carboxylic acids is 1. The van der Waals surface area contributed by atoms with Crippen LogP contribution in [0.2, 0.25) is 0 Å². The number of nitrogens with one attached hydrogen (secondary N) is 1. The topological polar surface area (TPSA) is 108 Å². The Bertz CT molecular complexity index is 1110. The first kappa shape index (κ1) is 24.1. The number of hydrogen-bond acceptors (Lipinski definition) is 9. The molecule has 3 aromatic rings. The molecule has 1 amide bonds. The second kappa shape index (κ2) is 11.4. The van der Waals surface area contributed by atoms with E-state index in [4.69, 9.17) is 23.7 Å². The minimum absolute atomic E-state index is 0.472. The largest absolute Gasteiger partial charge is 0.493 e. The van der Waals surface area contributed by atoms with Crippen LogP contribution in [-0.2, 0) is 4.74 Å². The molecule has 0 fully saturated rings. The summed E-state index contributed by atoms with van der Waals surface area (Å²) in [5, 5.41) is 6.29. The number of aromatic nitrogens is 2. The molecule has 33 heavy (non-hydrogen) atoms. The average molecular weight is 471 g/mol. The molecule has 3 rings (SSSR count). The monoisotopic (exact) mass is 470 g/mol. The van der Waals surface area contributed by atoms with Gasteiger partial charge < -0.3 is 24.1 Å². The van der Waals surface area contributed by atoms with Gasteiger partial charge >= 0.3 is 6.09 Å². The molecule has 0 saturated carbocycles. The summed E-state index contributed by atoms with van der Waals surface area (Å²) in [6, 6.07) is 13.0. The van der Waals surface area contributed by atoms with Crippen molar-refractivity contribution in [1.29, 1.82) is 0 Å². The predicted octanol–water partition coefficient (Wildman–Crippen LogP) is 4.62. The number of aryl methyl sites for hydroxylation is 1. The van der Waals surface area contributed by atoms with Crippen molar-refractivity contribution in [3.63, 3.8) is 0 Å². The smallest absolute Gasteiger partial charge is 0.408 e. The highest BCUT2D eigenvalue weighted by Gasteiger charge is 2.21. The van der Waals surface area contributed by atoms with E-state index in [0.717, 1.165) is 11.1 Å². The van der Waals surface area contributed by atoms with Crippen LogP contribution in [0.1, 0.15) is 18.4 Å². The first-order chi connectivity index (χ1) is 16.0. The van der Waals surface area contributed by atoms with Crippen LogP contribution >= 0.6 is 11.8 Å². The van der Waals surface area contributed by atoms with E-state index in [2.05, 4.69) is 15.5 Å². The van der Waals surface area contributed by atoms with Crippen LogP contribution in [0.4, 0.5) is 10.5 Å². The van der Waals surface area contributed by atoms with Gasteiger partial charge in [-0.15, -0.1) is 11.8 Å². The van der Waals surface area contributed by atoms with Crippen molar-refractivity contribution < 1.29 is 23.5 Å². The minimum Gasteiger partial charge on any atom is -0.493 e. The molecule has 1 unspecified atom stereocenters. The second-order valence-corrected chi connectivity index (χ2v) is 7.67. The zero-order valence-corrected chi connectivity index (χ0v) is 19.9. The van der Waals surface area contributed by atoms with Crippen LogP contribution in [0.3, 0.4) is 0 Å². The van der Waals surface area contributed by atoms with E-state index in [9.17, 15) is 4.79 Å². The van der Waals surface area contributed by atoms with Gasteiger partial charge in [0.1, 0.15) is 5.37 Å². The van der Waals surface area contributed by atoms with Gasteiger partial charge in [-0.05, 0) is 55.6 Å². The Morgan fingerprint density at radius 1 is 1.18 bits per heavy atom. The molecule has 0 aliphatic rings. The van der Waals surface area contributed by atoms with E-state index in [-0.39, 0.29) is 0 Å². The van der Waals surface area contributed by atoms with Crippen molar-refractivity contribution in [2.75, 3.05) is 27.1 Å². The van der Waals surface area contributed by atoms with Crippen LogP contribution in [0.15, 0.2) is 52.0 Å². The number of amides is 1. The quantitative estimate of drug-likeness (QED) is 0.357. The first-order valence-electron chi connectivity index (χ1n) is 10.2. The summed E-state index contributed by atoms with van der Waals surface area (Å²) in [6.45, 7) is 4.12. The van der Waals surface area contributed by atoms with E-state index in [0.29, 0.717) is 41.2 Å². The predicted molar refractivity (Wildman–Crippen MR) is 128 cm³/mol. The SMILES string of the molecule is CCOc1cc(C(=Nc2ccc(-c3noc(C)n3)cc2)C(NC(=O)OC)SC)ccc1OC. The maximum atomic E-state index is 12.0. The zero-order valence-electron chi connectivity index (χ0n) is 19.1. The van der Waals surface area contributed by atoms with Gasteiger partial charge in [-0.1, -0.05) is 5.16 Å². The van der Waals surface area contributed by atoms with Crippen LogP contribution in [0, 0.1) is 6.92 Å². The van der Waals surface area contributed by atoms with Gasteiger partial charge in [-0.25, -0.2) is 9.79 Å². The molecular weight excluding hydrogens is 444 g/mol. The summed E-state index contributed by atoms with van der Waals surface area (Å²) < 4.78 is 21.0. The first-order valence-corrected chi connectivity index (χ1v) is 11.5. The summed E-state index contributed by atoms with van der Waals surface area (Å²) in [4.78, 5) is 21.1. The highest BCUT2D eigenvalue weighted by molar-refractivity contribution is 7.99. The van der Waals surface area contributed by atoms with E-state index in [1.165, 1.54) is 18.9 Å². The number of nitrogens with zero attached hydrogens (tertiary/aromatic N) is 3. The molecule has 1 N–H and O–H groups in total. The highest BCUT2D eigenvalue weighted by atomic mass is 32.2. The Hall–Kier alpha value is -3.53. The minimum atomic E-state index is -0.552. The van der Waals surface area contributed by atoms with Gasteiger partial charge in [0.15, 0.2) is 11.5 Å². The summed E-state index contributed by atoms with van der Waals surface area (Å²) in [7, 11) is 2.91. The number of benzene rings is 2. The highest BCUT2D eigenvalue weighted by Crippen LogP contribution is 2.30. The molecule has 0 aliphatic heterocycles. The number of methoxy groups -OCH3 is 2. The van der Waals surface area contributed by atoms with Gasteiger partial charge in [0.25, 0.3) is 0 Å². The molecule has 174 valence electrons. The number of hydrogen-bond donors (Lipinski definition) is 1. The maximum absolute atomic E-state index is 12.0. The fourth-order valence-electron chi connectivity index (χ4n) is 3.02. The Balaban J connectivity index is 2.04. The number of thioether (sulfide) groups is 1. The standard InChI is InChI=1S/C23H26N4O5S/c1-6-31-19-13-16(9-12-18(19)29-3)20(22(33-5)26-23(28)30-4)25-17-10-7-15(8-11-17)21-24-14(2)32-27-21/h7-13,22H,6H2,1-5H3,(H,26,28). The van der Waals surface area contributed by atoms with Crippen molar-refractivity contribution in [2.24, 2.45) is 4.99 Å². The van der Waals surface area contributed by atoms with Crippen LogP contribution in [0.5, 0.6) is 11.5 Å². The molecule has 0 spiro atoms. The Morgan fingerprint density at radius 3 is 2.52 bits per heavy atom. The lowest BCUT2D eigenvalue weighted by Gasteiger charge is -2.20. The van der Waals surface area contributed by atoms with Crippen molar-refractivity contribution in [3.8, 4) is 22.9 Å². The Labute approximate surface area is 196 Å². The van der Waals surface area contributed by atoms with Crippen LogP contribution in [0.25, 0.3) is 11.4 Å². The number of aliphatic imine (C=N–C) groups is 1. The maximum Gasteiger partial charge on any atom is 0.408 e. The van der Waals surface area contributed by atoms with Gasteiger partial charge in [0.2, 0.25) is 11.7 Å². The van der Waals surface area contributed by atoms with Crippen molar-refractivity contribution in [1.82, 2.24) is 15.5 Å². The summed E-state index contributed by atoms with van der Waals surface area (Å²) in [5.74, 6) is 2.21. The molecule has 1 aromatic heterocycles. The second-order valence-electron chi connectivity index (χ2n) is 6.73. The molecule has 0 bridgehead atoms. The van der Waals surface area contributed by atoms with E-state index < -0.39 is 11.5 Å². The van der Waals surface area contributed by atoms with Crippen molar-refractivity contribution in [2.45, 2.75) is 19.2 Å². The van der Waals surface area contributed by atoms with E-state index >= 15 is 0 Å². The lowest BCUT2D eigenvalue weighted by Crippen LogP contribution is -2.38. The van der Waals surface area contributed by atoms with E-state index in [1.54, 1.807) is 14.0 Å². The molecule has 9 nitrogen and oxygen atoms in total. The number of rotatable bonds is 9. The molecule has 10 heteroatoms. The number of alkyl carbamates (subject to hydrolysis) is 1. The average Bonchev–Trinajstić information content (AvgIpc) is 3.27. The normalized spacial score (nSPS) is 12.2. The molecule has 0 saturated heterocycles. The summed E-state index contributed by atoms with van der Waals surface area (Å²) >= 11 is 1.42. The third kappa shape index (κ3) is 6.04. The van der Waals surface area contributed by atoms with Gasteiger partial charge in [0, 0.05) is 18.1 Å².